The third-order valence-corrected chi connectivity index (χ3v) is 6.71. The number of nitrogens with one attached hydrogen (secondary N) is 4. The maximum Gasteiger partial charge on any atom is 0.305 e. The van der Waals surface area contributed by atoms with Crippen LogP contribution in [0.4, 0.5) is 0 Å². The fourth-order valence-electron chi connectivity index (χ4n) is 4.16. The molecule has 1 aliphatic rings. The number of aliphatic imine (C=N–C) groups is 1. The predicted molar refractivity (Wildman–Crippen MR) is 153 cm³/mol. The number of nitrogens with two attached hydrogens (primary N) is 2. The van der Waals surface area contributed by atoms with Crippen LogP contribution in [-0.4, -0.2) is 71.9 Å². The quantitative estimate of drug-likeness (QED) is 0.115. The summed E-state index contributed by atoms with van der Waals surface area (Å²) in [4.78, 5) is 67.6. The van der Waals surface area contributed by atoms with Gasteiger partial charge < -0.3 is 37.8 Å². The summed E-state index contributed by atoms with van der Waals surface area (Å²) in [5.41, 5.74) is 11.5. The molecule has 224 valence electrons. The van der Waals surface area contributed by atoms with E-state index >= 15 is 0 Å². The zero-order valence-electron chi connectivity index (χ0n) is 23.1. The smallest absolute Gasteiger partial charge is 0.305 e. The highest BCUT2D eigenvalue weighted by Gasteiger charge is 2.31. The Hall–Kier alpha value is -4.13. The van der Waals surface area contributed by atoms with Gasteiger partial charge in [-0.15, -0.1) is 0 Å². The molecule has 0 saturated carbocycles. The largest absolute Gasteiger partial charge is 0.481 e. The van der Waals surface area contributed by atoms with Crippen molar-refractivity contribution >= 4 is 47.2 Å². The standard InChI is InChI=1S/C27H38ClN7O6/c1-15(2)17-12-18(28)20(11-16-7-4-3-5-8-16)35-26(41)21(13-23(37)38)33-22(36)14-32-25(40)19(34-24(17)39)9-6-10-31-27(29)30/h3-5,7-8,12,15,17,19-21H,6,9-11,13-14H2,1-2H3,(H,32,40)(H,33,36)(H,34,39)(H,35,41)(H,37,38)(H4,29,30,31)/b18-12-/t17-,19-,20+,21-/m0/s1. The van der Waals surface area contributed by atoms with Crippen LogP contribution in [0, 0.1) is 11.8 Å². The second-order valence-corrected chi connectivity index (χ2v) is 10.5. The number of hydrogen-bond donors (Lipinski definition) is 7. The van der Waals surface area contributed by atoms with Gasteiger partial charge in [-0.25, -0.2) is 0 Å². The summed E-state index contributed by atoms with van der Waals surface area (Å²) in [5.74, 6) is -5.16. The molecule has 1 aromatic rings. The highest BCUT2D eigenvalue weighted by Crippen LogP contribution is 2.22. The third-order valence-electron chi connectivity index (χ3n) is 6.32. The summed E-state index contributed by atoms with van der Waals surface area (Å²) < 4.78 is 0. The number of benzene rings is 1. The van der Waals surface area contributed by atoms with Gasteiger partial charge in [-0.05, 0) is 30.7 Å². The molecule has 4 amide bonds. The summed E-state index contributed by atoms with van der Waals surface area (Å²) in [6, 6.07) is 5.81. The van der Waals surface area contributed by atoms with Crippen LogP contribution >= 0.6 is 11.6 Å². The first kappa shape index (κ1) is 33.1. The van der Waals surface area contributed by atoms with Gasteiger partial charge in [-0.3, -0.25) is 29.0 Å². The molecule has 41 heavy (non-hydrogen) atoms. The molecule has 1 heterocycles. The summed E-state index contributed by atoms with van der Waals surface area (Å²) in [7, 11) is 0. The number of amides is 4. The predicted octanol–water partition coefficient (Wildman–Crippen LogP) is -0.263. The van der Waals surface area contributed by atoms with Gasteiger partial charge in [0.15, 0.2) is 5.96 Å². The molecule has 0 saturated heterocycles. The van der Waals surface area contributed by atoms with Crippen LogP contribution in [0.25, 0.3) is 0 Å². The number of carboxylic acids is 1. The molecular formula is C27H38ClN7O6. The molecule has 0 aliphatic carbocycles. The number of rotatable bonds is 9. The van der Waals surface area contributed by atoms with Gasteiger partial charge in [0.05, 0.1) is 24.9 Å². The molecule has 9 N–H and O–H groups in total. The average Bonchev–Trinajstić information content (AvgIpc) is 2.90. The first-order chi connectivity index (χ1) is 19.4. The van der Waals surface area contributed by atoms with E-state index in [0.717, 1.165) is 5.56 Å². The van der Waals surface area contributed by atoms with Gasteiger partial charge >= 0.3 is 5.97 Å². The second kappa shape index (κ2) is 16.2. The normalized spacial score (nSPS) is 24.0. The van der Waals surface area contributed by atoms with Gasteiger partial charge in [0.2, 0.25) is 23.6 Å². The number of carboxylic acid groups (broad SMARTS) is 1. The maximum atomic E-state index is 13.4. The first-order valence-electron chi connectivity index (χ1n) is 13.2. The molecule has 0 unspecified atom stereocenters. The molecule has 13 nitrogen and oxygen atoms in total. The number of halogens is 1. The Kier molecular flexibility index (Phi) is 13.1. The zero-order valence-corrected chi connectivity index (χ0v) is 23.8. The van der Waals surface area contributed by atoms with Crippen molar-refractivity contribution in [1.82, 2.24) is 21.3 Å². The van der Waals surface area contributed by atoms with E-state index in [9.17, 15) is 29.1 Å². The molecule has 0 spiro atoms. The zero-order chi connectivity index (χ0) is 30.5. The Bertz CT molecular complexity index is 1150. The van der Waals surface area contributed by atoms with Crippen LogP contribution in [0.15, 0.2) is 46.4 Å². The van der Waals surface area contributed by atoms with Crippen LogP contribution in [0.3, 0.4) is 0 Å². The molecule has 2 rings (SSSR count). The SMILES string of the molecule is CC(C)[C@@H]1/C=C(\Cl)[C@@H](Cc2ccccc2)NC(=O)[C@H](CC(=O)O)NC(=O)CNC(=O)[C@H](CCCN=C(N)N)NC1=O. The molecule has 0 bridgehead atoms. The minimum Gasteiger partial charge on any atom is -0.481 e. The Labute approximate surface area is 243 Å². The minimum atomic E-state index is -1.44. The fourth-order valence-corrected chi connectivity index (χ4v) is 4.43. The van der Waals surface area contributed by atoms with Gasteiger partial charge in [0.25, 0.3) is 0 Å². The van der Waals surface area contributed by atoms with Crippen molar-refractivity contribution in [2.24, 2.45) is 28.3 Å². The third kappa shape index (κ3) is 11.5. The summed E-state index contributed by atoms with van der Waals surface area (Å²) in [6.45, 7) is 3.28. The molecule has 1 aliphatic heterocycles. The summed E-state index contributed by atoms with van der Waals surface area (Å²) in [5, 5.41) is 19.8. The number of carbonyl (C=O) groups excluding carboxylic acids is 4. The fraction of sp³-hybridized carbons (Fsp3) is 0.481. The molecular weight excluding hydrogens is 554 g/mol. The van der Waals surface area contributed by atoms with Crippen molar-refractivity contribution in [3.8, 4) is 0 Å². The second-order valence-electron chi connectivity index (χ2n) is 10.0. The number of guanidine groups is 1. The topological polar surface area (TPSA) is 218 Å². The summed E-state index contributed by atoms with van der Waals surface area (Å²) in [6.07, 6.45) is 1.57. The van der Waals surface area contributed by atoms with Crippen LogP contribution in [0.1, 0.15) is 38.7 Å². The number of aliphatic carboxylic acids is 1. The molecule has 1 aromatic carbocycles. The Morgan fingerprint density at radius 3 is 2.27 bits per heavy atom. The van der Waals surface area contributed by atoms with Crippen LogP contribution in [0.5, 0.6) is 0 Å². The average molecular weight is 592 g/mol. The number of nitrogens with zero attached hydrogens (tertiary/aromatic N) is 1. The highest BCUT2D eigenvalue weighted by atomic mass is 35.5. The van der Waals surface area contributed by atoms with Gasteiger partial charge in [0.1, 0.15) is 12.1 Å². The lowest BCUT2D eigenvalue weighted by molar-refractivity contribution is -0.140. The van der Waals surface area contributed by atoms with Crippen molar-refractivity contribution in [3.63, 3.8) is 0 Å². The van der Waals surface area contributed by atoms with Crippen molar-refractivity contribution in [3.05, 3.63) is 47.0 Å². The minimum absolute atomic E-state index is 0.110. The Balaban J connectivity index is 2.49. The lowest BCUT2D eigenvalue weighted by atomic mass is 9.92. The maximum absolute atomic E-state index is 13.4. The van der Waals surface area contributed by atoms with E-state index < -0.39 is 66.6 Å². The van der Waals surface area contributed by atoms with E-state index in [1.807, 2.05) is 44.2 Å². The molecule has 4 atom stereocenters. The lowest BCUT2D eigenvalue weighted by Crippen LogP contribution is -2.54. The van der Waals surface area contributed by atoms with Crippen molar-refractivity contribution in [1.29, 1.82) is 0 Å². The number of hydrogen-bond acceptors (Lipinski definition) is 6. The van der Waals surface area contributed by atoms with E-state index in [4.69, 9.17) is 23.1 Å². The van der Waals surface area contributed by atoms with Crippen molar-refractivity contribution in [2.45, 2.75) is 57.7 Å². The van der Waals surface area contributed by atoms with Crippen molar-refractivity contribution in [2.75, 3.05) is 13.1 Å². The van der Waals surface area contributed by atoms with E-state index in [2.05, 4.69) is 26.3 Å². The van der Waals surface area contributed by atoms with E-state index in [1.165, 1.54) is 6.08 Å². The number of carbonyl (C=O) groups is 5. The molecule has 0 fully saturated rings. The van der Waals surface area contributed by atoms with Gasteiger partial charge in [-0.2, -0.15) is 0 Å². The highest BCUT2D eigenvalue weighted by molar-refractivity contribution is 6.30. The summed E-state index contributed by atoms with van der Waals surface area (Å²) >= 11 is 6.73. The van der Waals surface area contributed by atoms with Gasteiger partial charge in [-0.1, -0.05) is 61.9 Å². The van der Waals surface area contributed by atoms with Crippen LogP contribution in [0.2, 0.25) is 0 Å². The Morgan fingerprint density at radius 1 is 1.00 bits per heavy atom. The van der Waals surface area contributed by atoms with Crippen molar-refractivity contribution < 1.29 is 29.1 Å². The molecule has 0 aromatic heterocycles. The Morgan fingerprint density at radius 2 is 1.66 bits per heavy atom. The van der Waals surface area contributed by atoms with Crippen LogP contribution in [-0.2, 0) is 30.4 Å². The first-order valence-corrected chi connectivity index (χ1v) is 13.6. The van der Waals surface area contributed by atoms with E-state index in [1.54, 1.807) is 0 Å². The monoisotopic (exact) mass is 591 g/mol. The van der Waals surface area contributed by atoms with Gasteiger partial charge in [0, 0.05) is 11.6 Å². The molecule has 0 radical (unpaired) electrons. The molecule has 14 heteroatoms. The van der Waals surface area contributed by atoms with Crippen LogP contribution < -0.4 is 32.7 Å². The van der Waals surface area contributed by atoms with E-state index in [0.29, 0.717) is 6.42 Å². The lowest BCUT2D eigenvalue weighted by Gasteiger charge is -2.25. The van der Waals surface area contributed by atoms with E-state index in [-0.39, 0.29) is 36.3 Å².